The number of hydrogen-bond acceptors (Lipinski definition) is 4. The van der Waals surface area contributed by atoms with E-state index in [1.807, 2.05) is 50.3 Å². The molecule has 0 aromatic heterocycles. The molecule has 162 valence electrons. The average Bonchev–Trinajstić information content (AvgIpc) is 2.98. The van der Waals surface area contributed by atoms with Crippen molar-refractivity contribution in [2.45, 2.75) is 46.5 Å². The highest BCUT2D eigenvalue weighted by Gasteiger charge is 2.31. The van der Waals surface area contributed by atoms with Crippen molar-refractivity contribution in [3.8, 4) is 0 Å². The Morgan fingerprint density at radius 2 is 1.74 bits per heavy atom. The van der Waals surface area contributed by atoms with Gasteiger partial charge < -0.3 is 5.32 Å². The third-order valence-corrected chi connectivity index (χ3v) is 6.58. The first-order chi connectivity index (χ1) is 14.8. The summed E-state index contributed by atoms with van der Waals surface area (Å²) in [6.45, 7) is 6.68. The molecule has 1 N–H and O–H groups in total. The monoisotopic (exact) mass is 452 g/mol. The van der Waals surface area contributed by atoms with Crippen molar-refractivity contribution in [1.29, 1.82) is 0 Å². The number of thiocarbonyl (C=S) groups is 1. The zero-order valence-electron chi connectivity index (χ0n) is 18.2. The Labute approximate surface area is 194 Å². The summed E-state index contributed by atoms with van der Waals surface area (Å²) in [4.78, 5) is 27.3. The van der Waals surface area contributed by atoms with Gasteiger partial charge in [-0.2, -0.15) is 0 Å². The van der Waals surface area contributed by atoms with Gasteiger partial charge in [0.15, 0.2) is 0 Å². The van der Waals surface area contributed by atoms with E-state index in [0.29, 0.717) is 22.2 Å². The number of anilines is 1. The molecule has 31 heavy (non-hydrogen) atoms. The summed E-state index contributed by atoms with van der Waals surface area (Å²) in [5, 5.41) is 3.05. The zero-order valence-corrected chi connectivity index (χ0v) is 19.9. The van der Waals surface area contributed by atoms with Crippen LogP contribution in [-0.4, -0.2) is 27.6 Å². The van der Waals surface area contributed by atoms with Crippen LogP contribution in [0.2, 0.25) is 0 Å². The van der Waals surface area contributed by atoms with E-state index in [9.17, 15) is 9.59 Å². The molecule has 0 radical (unpaired) electrons. The topological polar surface area (TPSA) is 49.4 Å². The van der Waals surface area contributed by atoms with Crippen LogP contribution in [0, 0.1) is 20.8 Å². The Morgan fingerprint density at radius 1 is 1.06 bits per heavy atom. The number of benzene rings is 2. The van der Waals surface area contributed by atoms with Crippen molar-refractivity contribution < 1.29 is 9.59 Å². The summed E-state index contributed by atoms with van der Waals surface area (Å²) in [5.41, 5.74) is 5.28. The lowest BCUT2D eigenvalue weighted by atomic mass is 10.0. The van der Waals surface area contributed by atoms with Gasteiger partial charge in [-0.3, -0.25) is 14.5 Å². The highest BCUT2D eigenvalue weighted by Crippen LogP contribution is 2.32. The fraction of sp³-hybridized carbons (Fsp3) is 0.320. The van der Waals surface area contributed by atoms with E-state index in [1.54, 1.807) is 4.90 Å². The molecule has 3 rings (SSSR count). The minimum absolute atomic E-state index is 0.0260. The SMILES string of the molecule is Cc1cc(C)c(NC(=O)CCCCCN2C(=O)/C(=C/c3ccccc3)SC2=S)c(C)c1. The summed E-state index contributed by atoms with van der Waals surface area (Å²) in [7, 11) is 0. The molecule has 1 heterocycles. The lowest BCUT2D eigenvalue weighted by molar-refractivity contribution is -0.122. The highest BCUT2D eigenvalue weighted by atomic mass is 32.2. The first-order valence-electron chi connectivity index (χ1n) is 10.5. The van der Waals surface area contributed by atoms with Crippen LogP contribution >= 0.6 is 24.0 Å². The highest BCUT2D eigenvalue weighted by molar-refractivity contribution is 8.26. The van der Waals surface area contributed by atoms with Gasteiger partial charge in [-0.05, 0) is 56.4 Å². The number of thioether (sulfide) groups is 1. The first-order valence-corrected chi connectivity index (χ1v) is 11.8. The summed E-state index contributed by atoms with van der Waals surface area (Å²) in [6.07, 6.45) is 4.83. The second-order valence-electron chi connectivity index (χ2n) is 7.88. The molecule has 0 unspecified atom stereocenters. The molecule has 2 aromatic rings. The standard InChI is InChI=1S/C25H28N2O2S2/c1-17-14-18(2)23(19(3)15-17)26-22(28)12-8-5-9-13-27-24(29)21(31-25(27)30)16-20-10-6-4-7-11-20/h4,6-7,10-11,14-16H,5,8-9,12-13H2,1-3H3,(H,26,28)/b21-16-. The minimum Gasteiger partial charge on any atom is -0.326 e. The number of unbranched alkanes of at least 4 members (excludes halogenated alkanes) is 2. The van der Waals surface area contributed by atoms with Crippen molar-refractivity contribution in [2.24, 2.45) is 0 Å². The number of carbonyl (C=O) groups excluding carboxylic acids is 2. The first kappa shape index (κ1) is 23.2. The molecule has 1 aliphatic rings. The number of nitrogens with zero attached hydrogens (tertiary/aromatic N) is 1. The van der Waals surface area contributed by atoms with Crippen LogP contribution in [-0.2, 0) is 9.59 Å². The van der Waals surface area contributed by atoms with Crippen molar-refractivity contribution in [3.63, 3.8) is 0 Å². The van der Waals surface area contributed by atoms with Crippen LogP contribution in [0.5, 0.6) is 0 Å². The van der Waals surface area contributed by atoms with E-state index in [0.717, 1.165) is 41.6 Å². The van der Waals surface area contributed by atoms with E-state index in [4.69, 9.17) is 12.2 Å². The Bertz CT molecular complexity index is 992. The van der Waals surface area contributed by atoms with Crippen LogP contribution in [0.25, 0.3) is 6.08 Å². The number of carbonyl (C=O) groups is 2. The van der Waals surface area contributed by atoms with Crippen LogP contribution in [0.3, 0.4) is 0 Å². The van der Waals surface area contributed by atoms with Gasteiger partial charge in [0.05, 0.1) is 4.91 Å². The maximum absolute atomic E-state index is 12.7. The molecule has 1 saturated heterocycles. The lowest BCUT2D eigenvalue weighted by Gasteiger charge is -2.14. The lowest BCUT2D eigenvalue weighted by Crippen LogP contribution is -2.29. The van der Waals surface area contributed by atoms with Crippen LogP contribution in [0.15, 0.2) is 47.4 Å². The van der Waals surface area contributed by atoms with Gasteiger partial charge in [0.1, 0.15) is 4.32 Å². The van der Waals surface area contributed by atoms with Gasteiger partial charge in [0, 0.05) is 18.7 Å². The van der Waals surface area contributed by atoms with Crippen LogP contribution in [0.4, 0.5) is 5.69 Å². The molecule has 6 heteroatoms. The fourth-order valence-electron chi connectivity index (χ4n) is 3.70. The molecular weight excluding hydrogens is 424 g/mol. The van der Waals surface area contributed by atoms with Gasteiger partial charge >= 0.3 is 0 Å². The molecule has 0 bridgehead atoms. The predicted molar refractivity (Wildman–Crippen MR) is 134 cm³/mol. The maximum Gasteiger partial charge on any atom is 0.266 e. The Balaban J connectivity index is 1.43. The molecule has 0 aliphatic carbocycles. The number of nitrogens with one attached hydrogen (secondary N) is 1. The second kappa shape index (κ2) is 10.7. The quantitative estimate of drug-likeness (QED) is 0.303. The van der Waals surface area contributed by atoms with Crippen LogP contribution < -0.4 is 5.32 Å². The second-order valence-corrected chi connectivity index (χ2v) is 9.55. The third-order valence-electron chi connectivity index (χ3n) is 5.20. The molecule has 1 aliphatic heterocycles. The van der Waals surface area contributed by atoms with Crippen molar-refractivity contribution >= 4 is 51.9 Å². The average molecular weight is 453 g/mol. The summed E-state index contributed by atoms with van der Waals surface area (Å²) in [5.74, 6) is 0.00776. The summed E-state index contributed by atoms with van der Waals surface area (Å²) < 4.78 is 0.607. The molecule has 4 nitrogen and oxygen atoms in total. The van der Waals surface area contributed by atoms with E-state index < -0.39 is 0 Å². The number of rotatable bonds is 8. The molecule has 0 atom stereocenters. The Morgan fingerprint density at radius 3 is 2.42 bits per heavy atom. The number of hydrogen-bond donors (Lipinski definition) is 1. The zero-order chi connectivity index (χ0) is 22.4. The summed E-state index contributed by atoms with van der Waals surface area (Å²) in [6, 6.07) is 13.9. The van der Waals surface area contributed by atoms with Crippen molar-refractivity contribution in [1.82, 2.24) is 4.90 Å². The minimum atomic E-state index is -0.0260. The van der Waals surface area contributed by atoms with Crippen molar-refractivity contribution in [2.75, 3.05) is 11.9 Å². The number of amides is 2. The smallest absolute Gasteiger partial charge is 0.266 e. The van der Waals surface area contributed by atoms with Crippen molar-refractivity contribution in [3.05, 3.63) is 69.6 Å². The fourth-order valence-corrected chi connectivity index (χ4v) is 5.01. The van der Waals surface area contributed by atoms with E-state index in [-0.39, 0.29) is 11.8 Å². The van der Waals surface area contributed by atoms with E-state index in [1.165, 1.54) is 17.3 Å². The third kappa shape index (κ3) is 6.28. The predicted octanol–water partition coefficient (Wildman–Crippen LogP) is 6.01. The van der Waals surface area contributed by atoms with E-state index >= 15 is 0 Å². The van der Waals surface area contributed by atoms with Gasteiger partial charge in [0.25, 0.3) is 5.91 Å². The Hall–Kier alpha value is -2.44. The molecular formula is C25H28N2O2S2. The van der Waals surface area contributed by atoms with Gasteiger partial charge in [-0.15, -0.1) is 0 Å². The molecule has 2 amide bonds. The summed E-state index contributed by atoms with van der Waals surface area (Å²) >= 11 is 6.75. The molecule has 0 saturated carbocycles. The molecule has 1 fully saturated rings. The molecule has 2 aromatic carbocycles. The largest absolute Gasteiger partial charge is 0.326 e. The normalized spacial score (nSPS) is 15.1. The van der Waals surface area contributed by atoms with Crippen LogP contribution in [0.1, 0.15) is 47.9 Å². The molecule has 0 spiro atoms. The Kier molecular flexibility index (Phi) is 8.04. The van der Waals surface area contributed by atoms with Gasteiger partial charge in [0.2, 0.25) is 5.91 Å². The maximum atomic E-state index is 12.7. The number of aryl methyl sites for hydroxylation is 3. The van der Waals surface area contributed by atoms with Gasteiger partial charge in [-0.1, -0.05) is 78.4 Å². The van der Waals surface area contributed by atoms with Gasteiger partial charge in [-0.25, -0.2) is 0 Å². The van der Waals surface area contributed by atoms with E-state index in [2.05, 4.69) is 24.4 Å².